The van der Waals surface area contributed by atoms with E-state index in [1.165, 1.54) is 0 Å². The van der Waals surface area contributed by atoms with Crippen molar-refractivity contribution in [2.24, 2.45) is 0 Å². The van der Waals surface area contributed by atoms with Crippen LogP contribution in [0.3, 0.4) is 0 Å². The van der Waals surface area contributed by atoms with Crippen LogP contribution in [0.4, 0.5) is 0 Å². The highest BCUT2D eigenvalue weighted by atomic mass is 35.6. The normalized spacial score (nSPS) is 16.1. The lowest BCUT2D eigenvalue weighted by molar-refractivity contribution is 0.262. The monoisotopic (exact) mass is 552 g/mol. The minimum Gasteiger partial charge on any atom is -0.393 e. The van der Waals surface area contributed by atoms with Gasteiger partial charge in [-0.25, -0.2) is 0 Å². The summed E-state index contributed by atoms with van der Waals surface area (Å²) in [6.45, 7) is 0.593. The van der Waals surface area contributed by atoms with Crippen molar-refractivity contribution < 1.29 is 5.11 Å². The van der Waals surface area contributed by atoms with Gasteiger partial charge in [-0.15, -0.1) is 0 Å². The van der Waals surface area contributed by atoms with Crippen LogP contribution in [-0.4, -0.2) is 37.7 Å². The van der Waals surface area contributed by atoms with Crippen LogP contribution in [0.1, 0.15) is 13.3 Å². The Morgan fingerprint density at radius 1 is 0.545 bits per heavy atom. The van der Waals surface area contributed by atoms with Gasteiger partial charge < -0.3 is 5.11 Å². The average molecular weight is 558 g/mol. The van der Waals surface area contributed by atoms with Gasteiger partial charge in [-0.1, -0.05) is 146 Å². The Kier molecular flexibility index (Phi) is 9.04. The number of aliphatic hydroxyl groups excluding tert-OH is 1. The van der Waals surface area contributed by atoms with Crippen LogP contribution in [0, 0.1) is 0 Å². The SMILES string of the molecule is CCC(Cl)(Cl)C(Cl)(Cl)C(Cl)(Cl)C(Cl)(Cl)C(Cl)(Cl)C(Cl)(Cl)CO. The molecule has 0 radical (unpaired) electrons. The molecule has 0 saturated carbocycles. The van der Waals surface area contributed by atoms with E-state index in [9.17, 15) is 5.11 Å². The maximum atomic E-state index is 9.21. The maximum Gasteiger partial charge on any atom is 0.189 e. The predicted octanol–water partition coefficient (Wildman–Crippen LogP) is 7.43. The second-order valence-corrected chi connectivity index (χ2v) is 12.5. The van der Waals surface area contributed by atoms with Crippen molar-refractivity contribution in [3.63, 3.8) is 0 Å². The molecule has 0 aromatic carbocycles. The summed E-state index contributed by atoms with van der Waals surface area (Å²) in [4.78, 5) is 0. The molecule has 0 aromatic heterocycles. The highest BCUT2D eigenvalue weighted by Crippen LogP contribution is 2.68. The third-order valence-corrected chi connectivity index (χ3v) is 11.3. The summed E-state index contributed by atoms with van der Waals surface area (Å²) in [6.07, 6.45) is -0.00137. The minimum absolute atomic E-state index is 0.00137. The number of hydrogen-bond acceptors (Lipinski definition) is 1. The van der Waals surface area contributed by atoms with Crippen molar-refractivity contribution in [3.05, 3.63) is 0 Å². The van der Waals surface area contributed by atoms with E-state index in [1.807, 2.05) is 0 Å². The second kappa shape index (κ2) is 7.82. The van der Waals surface area contributed by atoms with Crippen LogP contribution in [0.2, 0.25) is 0 Å². The maximum absolute atomic E-state index is 9.21. The van der Waals surface area contributed by atoms with Crippen LogP contribution in [0.5, 0.6) is 0 Å². The van der Waals surface area contributed by atoms with Gasteiger partial charge in [0.15, 0.2) is 26.0 Å². The molecular weight excluding hydrogens is 550 g/mol. The van der Waals surface area contributed by atoms with Gasteiger partial charge in [-0.3, -0.25) is 0 Å². The molecule has 0 bridgehead atoms. The van der Waals surface area contributed by atoms with E-state index in [2.05, 4.69) is 0 Å². The highest BCUT2D eigenvalue weighted by Gasteiger charge is 2.76. The standard InChI is InChI=1S/C9H8Cl12O/c1-2-4(10,11)6(14,15)8(18,19)9(20,21)7(16,17)5(12,13)3-22/h22H,2-3H2,1H3. The predicted molar refractivity (Wildman–Crippen MR) is 104 cm³/mol. The first kappa shape index (κ1) is 25.4. The molecule has 0 aliphatic heterocycles. The number of rotatable bonds is 7. The van der Waals surface area contributed by atoms with E-state index in [0.29, 0.717) is 0 Å². The Hall–Kier alpha value is 3.44. The van der Waals surface area contributed by atoms with E-state index in [0.717, 1.165) is 0 Å². The molecule has 0 aromatic rings. The van der Waals surface area contributed by atoms with E-state index in [4.69, 9.17) is 139 Å². The van der Waals surface area contributed by atoms with Crippen molar-refractivity contribution in [2.45, 2.75) is 39.3 Å². The van der Waals surface area contributed by atoms with Gasteiger partial charge in [-0.05, 0) is 6.42 Å². The molecular formula is C9H8Cl12O. The summed E-state index contributed by atoms with van der Waals surface area (Å²) in [6, 6.07) is 0. The van der Waals surface area contributed by atoms with Crippen molar-refractivity contribution in [1.29, 1.82) is 0 Å². The Morgan fingerprint density at radius 2 is 0.818 bits per heavy atom. The van der Waals surface area contributed by atoms with Crippen molar-refractivity contribution in [2.75, 3.05) is 6.61 Å². The smallest absolute Gasteiger partial charge is 0.189 e. The van der Waals surface area contributed by atoms with E-state index in [1.54, 1.807) is 6.92 Å². The molecule has 13 heteroatoms. The summed E-state index contributed by atoms with van der Waals surface area (Å²) in [5.41, 5.74) is 0. The molecule has 0 amide bonds. The zero-order chi connectivity index (χ0) is 18.4. The molecule has 0 spiro atoms. The third-order valence-electron chi connectivity index (χ3n) is 2.74. The lowest BCUT2D eigenvalue weighted by Gasteiger charge is -2.51. The van der Waals surface area contributed by atoms with E-state index in [-0.39, 0.29) is 6.42 Å². The van der Waals surface area contributed by atoms with Gasteiger partial charge in [-0.2, -0.15) is 0 Å². The summed E-state index contributed by atoms with van der Waals surface area (Å²) in [5.74, 6) is 0. The molecule has 0 unspecified atom stereocenters. The molecule has 0 atom stereocenters. The first-order valence-electron chi connectivity index (χ1n) is 5.25. The van der Waals surface area contributed by atoms with Gasteiger partial charge in [0, 0.05) is 0 Å². The van der Waals surface area contributed by atoms with Crippen molar-refractivity contribution in [1.82, 2.24) is 0 Å². The minimum atomic E-state index is -2.63. The van der Waals surface area contributed by atoms with Gasteiger partial charge in [0.1, 0.15) is 0 Å². The zero-order valence-corrected chi connectivity index (χ0v) is 19.5. The molecule has 1 N–H and O–H groups in total. The van der Waals surface area contributed by atoms with Crippen LogP contribution >= 0.6 is 139 Å². The summed E-state index contributed by atoms with van der Waals surface area (Å²) in [7, 11) is 0. The zero-order valence-electron chi connectivity index (χ0n) is 10.4. The number of alkyl halides is 12. The summed E-state index contributed by atoms with van der Waals surface area (Å²) < 4.78 is -14.3. The van der Waals surface area contributed by atoms with E-state index < -0.39 is 32.6 Å². The van der Waals surface area contributed by atoms with Gasteiger partial charge >= 0.3 is 0 Å². The fraction of sp³-hybridized carbons (Fsp3) is 1.00. The Labute approximate surface area is 188 Å². The van der Waals surface area contributed by atoms with E-state index >= 15 is 0 Å². The second-order valence-electron chi connectivity index (χ2n) is 4.22. The van der Waals surface area contributed by atoms with Gasteiger partial charge in [0.25, 0.3) is 0 Å². The molecule has 22 heavy (non-hydrogen) atoms. The van der Waals surface area contributed by atoms with Crippen LogP contribution in [0.25, 0.3) is 0 Å². The summed E-state index contributed by atoms with van der Waals surface area (Å²) >= 11 is 72.4. The number of halogens is 12. The molecule has 0 heterocycles. The molecule has 0 rings (SSSR count). The fourth-order valence-corrected chi connectivity index (χ4v) is 4.68. The lowest BCUT2D eigenvalue weighted by Crippen LogP contribution is -2.66. The fourth-order valence-electron chi connectivity index (χ4n) is 1.18. The Balaban J connectivity index is 6.19. The topological polar surface area (TPSA) is 20.2 Å². The molecule has 0 fully saturated rings. The first-order chi connectivity index (χ1) is 9.37. The molecule has 1 nitrogen and oxygen atoms in total. The van der Waals surface area contributed by atoms with Gasteiger partial charge in [0.2, 0.25) is 0 Å². The quantitative estimate of drug-likeness (QED) is 0.323. The Bertz CT molecular complexity index is 363. The molecule has 0 saturated heterocycles. The van der Waals surface area contributed by atoms with Crippen LogP contribution in [0.15, 0.2) is 0 Å². The number of hydrogen-bond donors (Lipinski definition) is 1. The van der Waals surface area contributed by atoms with Crippen LogP contribution < -0.4 is 0 Å². The first-order valence-corrected chi connectivity index (χ1v) is 9.78. The average Bonchev–Trinajstić information content (AvgIpc) is 2.37. The highest BCUT2D eigenvalue weighted by molar-refractivity contribution is 6.78. The largest absolute Gasteiger partial charge is 0.393 e. The number of aliphatic hydroxyl groups is 1. The van der Waals surface area contributed by atoms with Gasteiger partial charge in [0.05, 0.1) is 6.61 Å². The van der Waals surface area contributed by atoms with Crippen molar-refractivity contribution >= 4 is 139 Å². The lowest BCUT2D eigenvalue weighted by atomic mass is 10.0. The molecule has 0 aliphatic rings. The molecule has 134 valence electrons. The summed E-state index contributed by atoms with van der Waals surface area (Å²) in [5, 5.41) is 9.21. The Morgan fingerprint density at radius 3 is 1.05 bits per heavy atom. The molecule has 0 aliphatic carbocycles. The van der Waals surface area contributed by atoms with Crippen LogP contribution in [-0.2, 0) is 0 Å². The third kappa shape index (κ3) is 3.98. The van der Waals surface area contributed by atoms with Crippen molar-refractivity contribution in [3.8, 4) is 0 Å².